The third-order valence-corrected chi connectivity index (χ3v) is 4.53. The molecule has 3 aliphatic heterocycles. The van der Waals surface area contributed by atoms with E-state index in [2.05, 4.69) is 0 Å². The van der Waals surface area contributed by atoms with Crippen molar-refractivity contribution in [1.82, 2.24) is 0 Å². The van der Waals surface area contributed by atoms with Crippen molar-refractivity contribution in [1.29, 1.82) is 0 Å². The van der Waals surface area contributed by atoms with Crippen molar-refractivity contribution in [2.24, 2.45) is 0 Å². The summed E-state index contributed by atoms with van der Waals surface area (Å²) in [6.45, 7) is 3.54. The minimum absolute atomic E-state index is 0.0641. The lowest BCUT2D eigenvalue weighted by atomic mass is 10.0. The number of hydrogen-bond acceptors (Lipinski definition) is 5. The molecule has 5 heteroatoms. The summed E-state index contributed by atoms with van der Waals surface area (Å²) in [4.78, 5) is 0. The summed E-state index contributed by atoms with van der Waals surface area (Å²) < 4.78 is 29.1. The highest BCUT2D eigenvalue weighted by atomic mass is 16.7. The van der Waals surface area contributed by atoms with Crippen LogP contribution in [0.4, 0.5) is 0 Å². The Hall–Kier alpha value is -0.200. The van der Waals surface area contributed by atoms with E-state index < -0.39 is 0 Å². The van der Waals surface area contributed by atoms with Crippen molar-refractivity contribution >= 4 is 0 Å². The molecule has 0 aromatic heterocycles. The summed E-state index contributed by atoms with van der Waals surface area (Å²) in [5.41, 5.74) is -0.304. The Morgan fingerprint density at radius 3 is 1.81 bits per heavy atom. The standard InChI is InChI=1S/C16H28O5/c1-3-9-17-14(6-1)19-12-16(8-5-11-21-16)13-20-15-7-2-4-10-18-15/h14-15H,1-13H2/t14-,15+,16?. The molecule has 21 heavy (non-hydrogen) atoms. The van der Waals surface area contributed by atoms with Crippen molar-refractivity contribution in [3.8, 4) is 0 Å². The first-order chi connectivity index (χ1) is 10.4. The van der Waals surface area contributed by atoms with Gasteiger partial charge in [0.2, 0.25) is 0 Å². The van der Waals surface area contributed by atoms with Gasteiger partial charge in [0, 0.05) is 19.8 Å². The second kappa shape index (κ2) is 7.88. The third kappa shape index (κ3) is 4.63. The van der Waals surface area contributed by atoms with Crippen LogP contribution >= 0.6 is 0 Å². The molecule has 3 saturated heterocycles. The van der Waals surface area contributed by atoms with Crippen LogP contribution in [0.1, 0.15) is 51.4 Å². The maximum atomic E-state index is 5.96. The van der Waals surface area contributed by atoms with Crippen LogP contribution in [0, 0.1) is 0 Å². The molecule has 0 spiro atoms. The number of rotatable bonds is 6. The lowest BCUT2D eigenvalue weighted by Crippen LogP contribution is -2.43. The van der Waals surface area contributed by atoms with E-state index in [9.17, 15) is 0 Å². The maximum Gasteiger partial charge on any atom is 0.157 e. The van der Waals surface area contributed by atoms with E-state index >= 15 is 0 Å². The van der Waals surface area contributed by atoms with Gasteiger partial charge in [0.05, 0.1) is 13.2 Å². The minimum Gasteiger partial charge on any atom is -0.370 e. The molecule has 122 valence electrons. The molecule has 5 nitrogen and oxygen atoms in total. The van der Waals surface area contributed by atoms with Crippen molar-refractivity contribution in [3.63, 3.8) is 0 Å². The van der Waals surface area contributed by atoms with Gasteiger partial charge in [-0.2, -0.15) is 0 Å². The van der Waals surface area contributed by atoms with E-state index in [0.29, 0.717) is 13.2 Å². The predicted octanol–water partition coefficient (Wildman–Crippen LogP) is 2.62. The quantitative estimate of drug-likeness (QED) is 0.754. The Bertz CT molecular complexity index is 267. The highest BCUT2D eigenvalue weighted by Crippen LogP contribution is 2.29. The highest BCUT2D eigenvalue weighted by molar-refractivity contribution is 4.85. The molecular formula is C16H28O5. The largest absolute Gasteiger partial charge is 0.370 e. The van der Waals surface area contributed by atoms with E-state index in [4.69, 9.17) is 23.7 Å². The maximum absolute atomic E-state index is 5.96. The summed E-state index contributed by atoms with van der Waals surface area (Å²) >= 11 is 0. The van der Waals surface area contributed by atoms with Crippen LogP contribution in [0.5, 0.6) is 0 Å². The van der Waals surface area contributed by atoms with Crippen molar-refractivity contribution < 1.29 is 23.7 Å². The average molecular weight is 300 g/mol. The van der Waals surface area contributed by atoms with E-state index in [0.717, 1.165) is 58.3 Å². The molecule has 0 aromatic carbocycles. The van der Waals surface area contributed by atoms with Gasteiger partial charge >= 0.3 is 0 Å². The first-order valence-corrected chi connectivity index (χ1v) is 8.47. The van der Waals surface area contributed by atoms with Gasteiger partial charge in [0.25, 0.3) is 0 Å². The van der Waals surface area contributed by atoms with Gasteiger partial charge in [0.1, 0.15) is 5.60 Å². The van der Waals surface area contributed by atoms with Crippen LogP contribution in [-0.2, 0) is 23.7 Å². The first-order valence-electron chi connectivity index (χ1n) is 8.47. The second-order valence-corrected chi connectivity index (χ2v) is 6.35. The molecule has 0 aromatic rings. The van der Waals surface area contributed by atoms with Crippen molar-refractivity contribution in [2.45, 2.75) is 69.5 Å². The van der Waals surface area contributed by atoms with Gasteiger partial charge in [-0.25, -0.2) is 0 Å². The molecule has 3 fully saturated rings. The zero-order valence-electron chi connectivity index (χ0n) is 12.9. The van der Waals surface area contributed by atoms with Gasteiger partial charge < -0.3 is 23.7 Å². The van der Waals surface area contributed by atoms with Crippen LogP contribution in [0.25, 0.3) is 0 Å². The molecule has 0 bridgehead atoms. The van der Waals surface area contributed by atoms with Crippen LogP contribution in [0.15, 0.2) is 0 Å². The first kappa shape index (κ1) is 15.7. The van der Waals surface area contributed by atoms with E-state index in [1.165, 1.54) is 12.8 Å². The SMILES string of the molecule is C1CC[C@@H](OCC2(CO[C@H]3CCCCO3)CCCO2)OC1. The fourth-order valence-corrected chi connectivity index (χ4v) is 3.20. The monoisotopic (exact) mass is 300 g/mol. The van der Waals surface area contributed by atoms with Gasteiger partial charge in [-0.15, -0.1) is 0 Å². The van der Waals surface area contributed by atoms with Crippen LogP contribution in [-0.4, -0.2) is 51.2 Å². The van der Waals surface area contributed by atoms with Crippen LogP contribution < -0.4 is 0 Å². The second-order valence-electron chi connectivity index (χ2n) is 6.35. The van der Waals surface area contributed by atoms with E-state index in [1.54, 1.807) is 0 Å². The normalized spacial score (nSPS) is 37.7. The lowest BCUT2D eigenvalue weighted by Gasteiger charge is -2.33. The molecule has 3 rings (SSSR count). The average Bonchev–Trinajstić information content (AvgIpc) is 3.03. The molecule has 0 N–H and O–H groups in total. The Morgan fingerprint density at radius 1 is 0.762 bits per heavy atom. The molecule has 3 atom stereocenters. The fourth-order valence-electron chi connectivity index (χ4n) is 3.20. The Balaban J connectivity index is 1.45. The molecule has 3 heterocycles. The minimum atomic E-state index is -0.304. The summed E-state index contributed by atoms with van der Waals surface area (Å²) in [6, 6.07) is 0. The van der Waals surface area contributed by atoms with E-state index in [-0.39, 0.29) is 18.2 Å². The van der Waals surface area contributed by atoms with Crippen LogP contribution in [0.2, 0.25) is 0 Å². The zero-order valence-corrected chi connectivity index (χ0v) is 12.9. The third-order valence-electron chi connectivity index (χ3n) is 4.53. The number of hydrogen-bond donors (Lipinski definition) is 0. The molecule has 3 aliphatic rings. The highest BCUT2D eigenvalue weighted by Gasteiger charge is 2.38. The molecule has 0 amide bonds. The zero-order chi connectivity index (χ0) is 14.4. The lowest BCUT2D eigenvalue weighted by molar-refractivity contribution is -0.226. The van der Waals surface area contributed by atoms with Gasteiger partial charge in [-0.3, -0.25) is 0 Å². The Kier molecular flexibility index (Phi) is 5.89. The van der Waals surface area contributed by atoms with E-state index in [1.807, 2.05) is 0 Å². The number of ether oxygens (including phenoxy) is 5. The van der Waals surface area contributed by atoms with Gasteiger partial charge in [-0.1, -0.05) is 0 Å². The predicted molar refractivity (Wildman–Crippen MR) is 77.0 cm³/mol. The van der Waals surface area contributed by atoms with Crippen molar-refractivity contribution in [2.75, 3.05) is 33.0 Å². The molecule has 0 radical (unpaired) electrons. The fraction of sp³-hybridized carbons (Fsp3) is 1.00. The summed E-state index contributed by atoms with van der Waals surface area (Å²) in [6.07, 6.45) is 8.57. The topological polar surface area (TPSA) is 46.2 Å². The van der Waals surface area contributed by atoms with Gasteiger partial charge in [-0.05, 0) is 51.4 Å². The summed E-state index contributed by atoms with van der Waals surface area (Å²) in [5, 5.41) is 0. The molecule has 1 unspecified atom stereocenters. The van der Waals surface area contributed by atoms with Crippen molar-refractivity contribution in [3.05, 3.63) is 0 Å². The summed E-state index contributed by atoms with van der Waals surface area (Å²) in [5.74, 6) is 0. The van der Waals surface area contributed by atoms with Crippen LogP contribution in [0.3, 0.4) is 0 Å². The Morgan fingerprint density at radius 2 is 1.38 bits per heavy atom. The molecule has 0 saturated carbocycles. The summed E-state index contributed by atoms with van der Waals surface area (Å²) in [7, 11) is 0. The Labute approximate surface area is 127 Å². The van der Waals surface area contributed by atoms with Gasteiger partial charge in [0.15, 0.2) is 12.6 Å². The molecule has 0 aliphatic carbocycles. The molecular weight excluding hydrogens is 272 g/mol. The smallest absolute Gasteiger partial charge is 0.157 e.